The van der Waals surface area contributed by atoms with Crippen LogP contribution in [0.4, 0.5) is 4.79 Å². The Morgan fingerprint density at radius 1 is 1.48 bits per heavy atom. The van der Waals surface area contributed by atoms with Crippen molar-refractivity contribution in [2.75, 3.05) is 13.2 Å². The number of carbonyl (C=O) groups is 1. The number of aromatic nitrogens is 2. The molecule has 6 nitrogen and oxygen atoms in total. The monoisotopic (exact) mass is 317 g/mol. The van der Waals surface area contributed by atoms with Crippen molar-refractivity contribution >= 4 is 11.6 Å². The molecule has 0 aromatic carbocycles. The van der Waals surface area contributed by atoms with Gasteiger partial charge in [-0.2, -0.15) is 0 Å². The van der Waals surface area contributed by atoms with Crippen LogP contribution in [0.1, 0.15) is 38.6 Å². The molecule has 1 aliphatic heterocycles. The van der Waals surface area contributed by atoms with Crippen molar-refractivity contribution in [1.82, 2.24) is 14.7 Å². The van der Waals surface area contributed by atoms with E-state index in [0.717, 1.165) is 16.9 Å². The number of carbonyl (C=O) groups excluding carboxylic acids is 1. The predicted octanol–water partition coefficient (Wildman–Crippen LogP) is 2.78. The van der Waals surface area contributed by atoms with E-state index in [1.165, 1.54) is 0 Å². The smallest absolute Gasteiger partial charge is 0.408 e. The highest BCUT2D eigenvalue weighted by atomic mass is 16.6. The molecular formula is C17H23N3O3. The van der Waals surface area contributed by atoms with Gasteiger partial charge >= 0.3 is 6.09 Å². The van der Waals surface area contributed by atoms with E-state index < -0.39 is 17.2 Å². The van der Waals surface area contributed by atoms with Gasteiger partial charge in [0, 0.05) is 19.2 Å². The molecular weight excluding hydrogens is 294 g/mol. The maximum absolute atomic E-state index is 12.3. The van der Waals surface area contributed by atoms with Gasteiger partial charge in [-0.1, -0.05) is 6.07 Å². The van der Waals surface area contributed by atoms with Crippen molar-refractivity contribution in [1.29, 1.82) is 0 Å². The summed E-state index contributed by atoms with van der Waals surface area (Å²) in [4.78, 5) is 16.9. The van der Waals surface area contributed by atoms with E-state index in [0.29, 0.717) is 19.6 Å². The van der Waals surface area contributed by atoms with Gasteiger partial charge in [0.05, 0.1) is 18.3 Å². The summed E-state index contributed by atoms with van der Waals surface area (Å²) in [7, 11) is 0. The molecule has 1 aliphatic rings. The summed E-state index contributed by atoms with van der Waals surface area (Å²) >= 11 is 0. The summed E-state index contributed by atoms with van der Waals surface area (Å²) in [5.41, 5.74) is 0.954. The van der Waals surface area contributed by atoms with Gasteiger partial charge in [-0.3, -0.25) is 0 Å². The molecule has 1 saturated heterocycles. The van der Waals surface area contributed by atoms with E-state index in [1.54, 1.807) is 0 Å². The lowest BCUT2D eigenvalue weighted by Crippen LogP contribution is -2.49. The first-order valence-corrected chi connectivity index (χ1v) is 7.83. The van der Waals surface area contributed by atoms with Gasteiger partial charge in [0.2, 0.25) is 0 Å². The van der Waals surface area contributed by atoms with Gasteiger partial charge in [0.1, 0.15) is 17.0 Å². The van der Waals surface area contributed by atoms with Crippen LogP contribution in [-0.2, 0) is 15.0 Å². The fourth-order valence-corrected chi connectivity index (χ4v) is 2.91. The Kier molecular flexibility index (Phi) is 3.80. The highest BCUT2D eigenvalue weighted by Gasteiger charge is 2.42. The first kappa shape index (κ1) is 15.8. The maximum Gasteiger partial charge on any atom is 0.408 e. The van der Waals surface area contributed by atoms with Crippen molar-refractivity contribution in [2.24, 2.45) is 0 Å². The average Bonchev–Trinajstić information content (AvgIpc) is 3.04. The second-order valence-corrected chi connectivity index (χ2v) is 7.04. The van der Waals surface area contributed by atoms with E-state index in [2.05, 4.69) is 10.3 Å². The number of rotatable bonds is 2. The molecule has 1 fully saturated rings. The molecule has 0 bridgehead atoms. The molecule has 1 atom stereocenters. The van der Waals surface area contributed by atoms with Crippen LogP contribution in [0.15, 0.2) is 24.5 Å². The minimum atomic E-state index is -0.664. The second-order valence-electron chi connectivity index (χ2n) is 7.04. The number of hydrogen-bond acceptors (Lipinski definition) is 4. The molecule has 6 heteroatoms. The Hall–Kier alpha value is -2.08. The van der Waals surface area contributed by atoms with Gasteiger partial charge < -0.3 is 19.2 Å². The number of ether oxygens (including phenoxy) is 2. The van der Waals surface area contributed by atoms with E-state index in [1.807, 2.05) is 56.6 Å². The highest BCUT2D eigenvalue weighted by molar-refractivity contribution is 5.69. The number of amides is 1. The molecule has 1 N–H and O–H groups in total. The quantitative estimate of drug-likeness (QED) is 0.925. The number of imidazole rings is 1. The van der Waals surface area contributed by atoms with Crippen molar-refractivity contribution in [3.63, 3.8) is 0 Å². The first-order chi connectivity index (χ1) is 10.8. The number of nitrogens with zero attached hydrogens (tertiary/aromatic N) is 2. The third kappa shape index (κ3) is 3.03. The third-order valence-electron chi connectivity index (χ3n) is 3.97. The van der Waals surface area contributed by atoms with Gasteiger partial charge in [0.15, 0.2) is 0 Å². The summed E-state index contributed by atoms with van der Waals surface area (Å²) in [6, 6.07) is 4.02. The summed E-state index contributed by atoms with van der Waals surface area (Å²) < 4.78 is 13.0. The van der Waals surface area contributed by atoms with Crippen molar-refractivity contribution in [3.8, 4) is 0 Å². The lowest BCUT2D eigenvalue weighted by Gasteiger charge is -2.29. The minimum Gasteiger partial charge on any atom is -0.444 e. The van der Waals surface area contributed by atoms with E-state index >= 15 is 0 Å². The molecule has 0 spiro atoms. The number of fused-ring (bicyclic) bond motifs is 1. The van der Waals surface area contributed by atoms with Crippen LogP contribution in [0.5, 0.6) is 0 Å². The fourth-order valence-electron chi connectivity index (χ4n) is 2.91. The molecule has 0 aliphatic carbocycles. The standard InChI is InChI=1S/C17H23N3O3/c1-12-6-5-8-20-13(12)10-18-14(20)17(7-9-22-11-17)19-15(21)23-16(2,3)4/h5-6,8,10H,7,9,11H2,1-4H3,(H,19,21). The Bertz CT molecular complexity index is 724. The molecule has 1 amide bonds. The Balaban J connectivity index is 1.97. The molecule has 23 heavy (non-hydrogen) atoms. The topological polar surface area (TPSA) is 64.9 Å². The predicted molar refractivity (Wildman–Crippen MR) is 86.4 cm³/mol. The van der Waals surface area contributed by atoms with Gasteiger partial charge in [0.25, 0.3) is 0 Å². The van der Waals surface area contributed by atoms with Crippen LogP contribution in [0.2, 0.25) is 0 Å². The number of aryl methyl sites for hydroxylation is 1. The molecule has 1 unspecified atom stereocenters. The number of nitrogens with one attached hydrogen (secondary N) is 1. The van der Waals surface area contributed by atoms with Crippen molar-refractivity contribution in [3.05, 3.63) is 35.9 Å². The highest BCUT2D eigenvalue weighted by Crippen LogP contribution is 2.31. The van der Waals surface area contributed by atoms with E-state index in [-0.39, 0.29) is 0 Å². The molecule has 3 rings (SSSR count). The van der Waals surface area contributed by atoms with E-state index in [4.69, 9.17) is 9.47 Å². The zero-order chi connectivity index (χ0) is 16.7. The van der Waals surface area contributed by atoms with Crippen LogP contribution in [0.3, 0.4) is 0 Å². The minimum absolute atomic E-state index is 0.388. The lowest BCUT2D eigenvalue weighted by molar-refractivity contribution is 0.0430. The van der Waals surface area contributed by atoms with Crippen LogP contribution in [0, 0.1) is 6.92 Å². The van der Waals surface area contributed by atoms with Gasteiger partial charge in [-0.15, -0.1) is 0 Å². The van der Waals surface area contributed by atoms with Crippen LogP contribution in [-0.4, -0.2) is 34.3 Å². The molecule has 0 saturated carbocycles. The summed E-state index contributed by atoms with van der Waals surface area (Å²) in [5.74, 6) is 0.777. The summed E-state index contributed by atoms with van der Waals surface area (Å²) in [6.07, 6.45) is 4.01. The Morgan fingerprint density at radius 3 is 2.91 bits per heavy atom. The molecule has 2 aromatic rings. The Labute approximate surface area is 135 Å². The lowest BCUT2D eigenvalue weighted by atomic mass is 9.98. The molecule has 3 heterocycles. The molecule has 124 valence electrons. The fraction of sp³-hybridized carbons (Fsp3) is 0.529. The second kappa shape index (κ2) is 5.53. The van der Waals surface area contributed by atoms with Crippen LogP contribution < -0.4 is 5.32 Å². The van der Waals surface area contributed by atoms with Crippen molar-refractivity contribution < 1.29 is 14.3 Å². The number of hydrogen-bond donors (Lipinski definition) is 1. The third-order valence-corrected chi connectivity index (χ3v) is 3.97. The number of alkyl carbamates (subject to hydrolysis) is 1. The van der Waals surface area contributed by atoms with E-state index in [9.17, 15) is 4.79 Å². The molecule has 2 aromatic heterocycles. The zero-order valence-electron chi connectivity index (χ0n) is 14.0. The molecule has 0 radical (unpaired) electrons. The van der Waals surface area contributed by atoms with Crippen molar-refractivity contribution in [2.45, 2.75) is 45.3 Å². The van der Waals surface area contributed by atoms with Gasteiger partial charge in [-0.25, -0.2) is 9.78 Å². The first-order valence-electron chi connectivity index (χ1n) is 7.83. The SMILES string of the molecule is Cc1cccn2c(C3(NC(=O)OC(C)(C)C)CCOC3)ncc12. The average molecular weight is 317 g/mol. The number of pyridine rings is 1. The summed E-state index contributed by atoms with van der Waals surface area (Å²) in [5, 5.41) is 2.99. The largest absolute Gasteiger partial charge is 0.444 e. The van der Waals surface area contributed by atoms with Gasteiger partial charge in [-0.05, 0) is 39.3 Å². The summed E-state index contributed by atoms with van der Waals surface area (Å²) in [6.45, 7) is 8.55. The van der Waals surface area contributed by atoms with Crippen LogP contribution >= 0.6 is 0 Å². The maximum atomic E-state index is 12.3. The normalized spacial score (nSPS) is 21.6. The van der Waals surface area contributed by atoms with Crippen LogP contribution in [0.25, 0.3) is 5.52 Å². The Morgan fingerprint density at radius 2 is 2.26 bits per heavy atom. The zero-order valence-corrected chi connectivity index (χ0v) is 14.0.